The molecule has 2 aliphatic rings. The molecule has 0 amide bonds. The molecule has 0 aromatic carbocycles. The highest BCUT2D eigenvalue weighted by Crippen LogP contribution is 2.13. The minimum absolute atomic E-state index is 0.0469. The monoisotopic (exact) mass is 240 g/mol. The third-order valence-corrected chi connectivity index (χ3v) is 2.73. The van der Waals surface area contributed by atoms with E-state index in [0.29, 0.717) is 25.7 Å². The van der Waals surface area contributed by atoms with Gasteiger partial charge in [-0.3, -0.25) is 4.99 Å². The molecule has 5 nitrogen and oxygen atoms in total. The second-order valence-electron chi connectivity index (χ2n) is 4.32. The summed E-state index contributed by atoms with van der Waals surface area (Å²) < 4.78 is 16.4. The Hall–Kier alpha value is -0.940. The number of rotatable bonds is 4. The van der Waals surface area contributed by atoms with Gasteiger partial charge in [-0.05, 0) is 26.2 Å². The summed E-state index contributed by atoms with van der Waals surface area (Å²) in [4.78, 5) is 8.49. The Morgan fingerprint density at radius 1 is 1.41 bits per heavy atom. The van der Waals surface area contributed by atoms with Crippen molar-refractivity contribution >= 4 is 12.1 Å². The van der Waals surface area contributed by atoms with Crippen molar-refractivity contribution in [2.24, 2.45) is 9.98 Å². The summed E-state index contributed by atoms with van der Waals surface area (Å²) in [5.41, 5.74) is 0. The Morgan fingerprint density at radius 2 is 2.35 bits per heavy atom. The largest absolute Gasteiger partial charge is 0.474 e. The van der Waals surface area contributed by atoms with Crippen molar-refractivity contribution in [2.45, 2.75) is 38.5 Å². The van der Waals surface area contributed by atoms with E-state index < -0.39 is 0 Å². The molecule has 0 aromatic rings. The molecule has 0 saturated carbocycles. The summed E-state index contributed by atoms with van der Waals surface area (Å²) in [6.07, 6.45) is 4.95. The molecule has 0 aliphatic carbocycles. The Labute approximate surface area is 102 Å². The summed E-state index contributed by atoms with van der Waals surface area (Å²) in [6.45, 7) is 4.58. The highest BCUT2D eigenvalue weighted by atomic mass is 16.7. The van der Waals surface area contributed by atoms with E-state index in [-0.39, 0.29) is 12.3 Å². The molecular weight excluding hydrogens is 220 g/mol. The predicted molar refractivity (Wildman–Crippen MR) is 65.8 cm³/mol. The molecule has 2 rings (SSSR count). The fourth-order valence-corrected chi connectivity index (χ4v) is 1.75. The molecule has 5 heteroatoms. The zero-order valence-corrected chi connectivity index (χ0v) is 10.3. The summed E-state index contributed by atoms with van der Waals surface area (Å²) >= 11 is 0. The lowest BCUT2D eigenvalue weighted by atomic mass is 10.2. The molecule has 0 N–H and O–H groups in total. The van der Waals surface area contributed by atoms with Gasteiger partial charge in [-0.25, -0.2) is 4.99 Å². The molecule has 2 aliphatic heterocycles. The summed E-state index contributed by atoms with van der Waals surface area (Å²) in [5, 5.41) is 0. The minimum atomic E-state index is -0.0469. The average Bonchev–Trinajstić information content (AvgIpc) is 2.38. The van der Waals surface area contributed by atoms with Crippen molar-refractivity contribution in [2.75, 3.05) is 26.4 Å². The van der Waals surface area contributed by atoms with Crippen LogP contribution in [0.2, 0.25) is 0 Å². The summed E-state index contributed by atoms with van der Waals surface area (Å²) in [6, 6.07) is 0.272. The van der Waals surface area contributed by atoms with Gasteiger partial charge in [-0.1, -0.05) is 0 Å². The lowest BCUT2D eigenvalue weighted by Gasteiger charge is -2.22. The second-order valence-corrected chi connectivity index (χ2v) is 4.32. The van der Waals surface area contributed by atoms with E-state index in [1.54, 1.807) is 6.21 Å². The van der Waals surface area contributed by atoms with Crippen LogP contribution in [0.25, 0.3) is 0 Å². The first-order valence-corrected chi connectivity index (χ1v) is 6.28. The smallest absolute Gasteiger partial charge is 0.227 e. The lowest BCUT2D eigenvalue weighted by Crippen LogP contribution is -2.25. The molecule has 0 bridgehead atoms. The zero-order valence-electron chi connectivity index (χ0n) is 10.3. The fourth-order valence-electron chi connectivity index (χ4n) is 1.75. The van der Waals surface area contributed by atoms with E-state index in [0.717, 1.165) is 19.4 Å². The van der Waals surface area contributed by atoms with Gasteiger partial charge >= 0.3 is 0 Å². The van der Waals surface area contributed by atoms with Crippen LogP contribution in [0, 0.1) is 0 Å². The van der Waals surface area contributed by atoms with Crippen molar-refractivity contribution in [3.05, 3.63) is 0 Å². The van der Waals surface area contributed by atoms with Gasteiger partial charge in [0.2, 0.25) is 5.90 Å². The van der Waals surface area contributed by atoms with Crippen molar-refractivity contribution in [1.82, 2.24) is 0 Å². The Bertz CT molecular complexity index is 285. The Morgan fingerprint density at radius 3 is 3.06 bits per heavy atom. The van der Waals surface area contributed by atoms with Crippen molar-refractivity contribution in [3.63, 3.8) is 0 Å². The zero-order chi connectivity index (χ0) is 11.9. The normalized spacial score (nSPS) is 28.9. The van der Waals surface area contributed by atoms with E-state index in [1.165, 1.54) is 6.42 Å². The van der Waals surface area contributed by atoms with Gasteiger partial charge in [0.25, 0.3) is 0 Å². The third kappa shape index (κ3) is 4.44. The fraction of sp³-hybridized carbons (Fsp3) is 0.833. The van der Waals surface area contributed by atoms with Gasteiger partial charge in [-0.15, -0.1) is 0 Å². The van der Waals surface area contributed by atoms with Crippen molar-refractivity contribution in [3.8, 4) is 0 Å². The van der Waals surface area contributed by atoms with Crippen LogP contribution in [0.4, 0.5) is 0 Å². The predicted octanol–water partition coefficient (Wildman–Crippen LogP) is 1.42. The molecule has 2 atom stereocenters. The standard InChI is InChI=1S/C12H20N2O3/c1-10-8-14-11(9-13-10)15-6-7-17-12-4-2-3-5-16-12/h9-10,12H,2-8H2,1H3. The highest BCUT2D eigenvalue weighted by molar-refractivity contribution is 6.26. The van der Waals surface area contributed by atoms with Crippen LogP contribution in [0.5, 0.6) is 0 Å². The van der Waals surface area contributed by atoms with Crippen LogP contribution in [0.3, 0.4) is 0 Å². The first kappa shape index (κ1) is 12.5. The van der Waals surface area contributed by atoms with Crippen LogP contribution in [0.15, 0.2) is 9.98 Å². The molecule has 17 heavy (non-hydrogen) atoms. The molecule has 2 heterocycles. The molecule has 96 valence electrons. The van der Waals surface area contributed by atoms with E-state index in [9.17, 15) is 0 Å². The number of ether oxygens (including phenoxy) is 3. The first-order valence-electron chi connectivity index (χ1n) is 6.28. The van der Waals surface area contributed by atoms with Crippen LogP contribution in [-0.2, 0) is 14.2 Å². The lowest BCUT2D eigenvalue weighted by molar-refractivity contribution is -0.165. The van der Waals surface area contributed by atoms with Gasteiger partial charge < -0.3 is 14.2 Å². The maximum Gasteiger partial charge on any atom is 0.227 e. The second kappa shape index (κ2) is 6.71. The molecule has 1 saturated heterocycles. The van der Waals surface area contributed by atoms with Gasteiger partial charge in [0.1, 0.15) is 6.61 Å². The quantitative estimate of drug-likeness (QED) is 0.698. The molecule has 1 fully saturated rings. The van der Waals surface area contributed by atoms with E-state index in [1.807, 2.05) is 6.92 Å². The van der Waals surface area contributed by atoms with Gasteiger partial charge in [-0.2, -0.15) is 0 Å². The maximum atomic E-state index is 5.55. The molecular formula is C12H20N2O3. The van der Waals surface area contributed by atoms with Gasteiger partial charge in [0.05, 0.1) is 25.4 Å². The van der Waals surface area contributed by atoms with Crippen molar-refractivity contribution in [1.29, 1.82) is 0 Å². The van der Waals surface area contributed by atoms with E-state index in [2.05, 4.69) is 9.98 Å². The van der Waals surface area contributed by atoms with E-state index in [4.69, 9.17) is 14.2 Å². The Balaban J connectivity index is 1.55. The SMILES string of the molecule is CC1CN=C(OCCOC2CCCCO2)C=N1. The van der Waals surface area contributed by atoms with Crippen LogP contribution < -0.4 is 0 Å². The number of hydrogen-bond acceptors (Lipinski definition) is 5. The number of aliphatic imine (C=N–C) groups is 2. The first-order chi connectivity index (χ1) is 8.34. The molecule has 0 radical (unpaired) electrons. The summed E-state index contributed by atoms with van der Waals surface area (Å²) in [7, 11) is 0. The topological polar surface area (TPSA) is 52.4 Å². The van der Waals surface area contributed by atoms with Crippen LogP contribution in [0.1, 0.15) is 26.2 Å². The number of nitrogens with zero attached hydrogens (tertiary/aromatic N) is 2. The molecule has 2 unspecified atom stereocenters. The average molecular weight is 240 g/mol. The van der Waals surface area contributed by atoms with Gasteiger partial charge in [0, 0.05) is 6.61 Å². The maximum absolute atomic E-state index is 5.55. The van der Waals surface area contributed by atoms with Gasteiger partial charge in [0.15, 0.2) is 6.29 Å². The molecule has 0 aromatic heterocycles. The minimum Gasteiger partial charge on any atom is -0.474 e. The van der Waals surface area contributed by atoms with Crippen molar-refractivity contribution < 1.29 is 14.2 Å². The van der Waals surface area contributed by atoms with Crippen LogP contribution >= 0.6 is 0 Å². The summed E-state index contributed by atoms with van der Waals surface area (Å²) in [5.74, 6) is 0.608. The third-order valence-electron chi connectivity index (χ3n) is 2.73. The highest BCUT2D eigenvalue weighted by Gasteiger charge is 2.13. The molecule has 0 spiro atoms. The van der Waals surface area contributed by atoms with Crippen LogP contribution in [-0.4, -0.2) is 50.8 Å². The Kier molecular flexibility index (Phi) is 4.94. The van der Waals surface area contributed by atoms with E-state index >= 15 is 0 Å². The number of hydrogen-bond donors (Lipinski definition) is 0.